The van der Waals surface area contributed by atoms with E-state index in [0.717, 1.165) is 5.56 Å². The highest BCUT2D eigenvalue weighted by atomic mass is 16.6. The Labute approximate surface area is 75.6 Å². The van der Waals surface area contributed by atoms with Crippen LogP contribution in [0.15, 0.2) is 24.4 Å². The van der Waals surface area contributed by atoms with E-state index in [9.17, 15) is 0 Å². The molecule has 4 nitrogen and oxygen atoms in total. The molecule has 5 heteroatoms. The smallest absolute Gasteiger partial charge is 0.423 e. The third kappa shape index (κ3) is 1.51. The highest BCUT2D eigenvalue weighted by molar-refractivity contribution is 6.58. The fourth-order valence-corrected chi connectivity index (χ4v) is 1.16. The molecule has 0 radical (unpaired) electrons. The van der Waals surface area contributed by atoms with Crippen molar-refractivity contribution in [1.82, 2.24) is 5.48 Å². The fourth-order valence-electron chi connectivity index (χ4n) is 1.16. The standard InChI is InChI=1S/C8H8BNO3/c11-9(12)7-2-1-6-3-4-10-13-8(6)5-7/h1-5,10-12H. The van der Waals surface area contributed by atoms with Gasteiger partial charge in [0.15, 0.2) is 5.75 Å². The number of nitrogens with one attached hydrogen (secondary N) is 1. The minimum absolute atomic E-state index is 0.413. The molecule has 1 heterocycles. The van der Waals surface area contributed by atoms with Crippen molar-refractivity contribution in [3.05, 3.63) is 30.0 Å². The lowest BCUT2D eigenvalue weighted by Gasteiger charge is -2.13. The second-order valence-corrected chi connectivity index (χ2v) is 2.72. The van der Waals surface area contributed by atoms with Crippen LogP contribution in [-0.2, 0) is 0 Å². The molecule has 13 heavy (non-hydrogen) atoms. The number of hydrogen-bond donors (Lipinski definition) is 3. The maximum Gasteiger partial charge on any atom is 0.488 e. The highest BCUT2D eigenvalue weighted by Gasteiger charge is 2.14. The fraction of sp³-hybridized carbons (Fsp3) is 0. The summed E-state index contributed by atoms with van der Waals surface area (Å²) in [4.78, 5) is 5.06. The van der Waals surface area contributed by atoms with E-state index < -0.39 is 7.12 Å². The van der Waals surface area contributed by atoms with Crippen molar-refractivity contribution in [1.29, 1.82) is 0 Å². The molecule has 0 fully saturated rings. The third-order valence-corrected chi connectivity index (χ3v) is 1.84. The van der Waals surface area contributed by atoms with E-state index in [1.807, 2.05) is 6.08 Å². The first-order valence-corrected chi connectivity index (χ1v) is 3.86. The summed E-state index contributed by atoms with van der Waals surface area (Å²) in [5.74, 6) is 0.591. The van der Waals surface area contributed by atoms with Crippen LogP contribution in [-0.4, -0.2) is 17.2 Å². The quantitative estimate of drug-likeness (QED) is 0.493. The minimum Gasteiger partial charge on any atom is -0.423 e. The Morgan fingerprint density at radius 2 is 2.15 bits per heavy atom. The first-order chi connectivity index (χ1) is 6.27. The molecule has 2 rings (SSSR count). The molecule has 0 aromatic heterocycles. The van der Waals surface area contributed by atoms with Gasteiger partial charge in [-0.05, 0) is 17.6 Å². The molecule has 3 N–H and O–H groups in total. The van der Waals surface area contributed by atoms with E-state index in [1.54, 1.807) is 24.4 Å². The summed E-state index contributed by atoms with van der Waals surface area (Å²) < 4.78 is 0. The first kappa shape index (κ1) is 8.16. The average Bonchev–Trinajstić information content (AvgIpc) is 2.17. The van der Waals surface area contributed by atoms with Gasteiger partial charge in [0.2, 0.25) is 0 Å². The zero-order valence-corrected chi connectivity index (χ0v) is 6.77. The van der Waals surface area contributed by atoms with Crippen LogP contribution in [0.1, 0.15) is 5.56 Å². The first-order valence-electron chi connectivity index (χ1n) is 3.86. The number of rotatable bonds is 1. The lowest BCUT2D eigenvalue weighted by Crippen LogP contribution is -2.30. The largest absolute Gasteiger partial charge is 0.488 e. The van der Waals surface area contributed by atoms with E-state index >= 15 is 0 Å². The summed E-state index contributed by atoms with van der Waals surface area (Å²) in [6.07, 6.45) is 3.50. The van der Waals surface area contributed by atoms with Crippen molar-refractivity contribution in [3.63, 3.8) is 0 Å². The van der Waals surface area contributed by atoms with E-state index in [-0.39, 0.29) is 0 Å². The number of hydrogen-bond acceptors (Lipinski definition) is 4. The van der Waals surface area contributed by atoms with Crippen LogP contribution in [0.5, 0.6) is 5.75 Å². The Balaban J connectivity index is 2.42. The summed E-state index contributed by atoms with van der Waals surface area (Å²) in [6.45, 7) is 0. The molecule has 0 spiro atoms. The molecule has 0 unspecified atom stereocenters. The molecule has 0 saturated carbocycles. The molecule has 0 bridgehead atoms. The van der Waals surface area contributed by atoms with E-state index in [1.165, 1.54) is 0 Å². The Bertz CT molecular complexity index is 351. The molecule has 1 aromatic carbocycles. The molecular formula is C8H8BNO3. The van der Waals surface area contributed by atoms with Gasteiger partial charge in [0.25, 0.3) is 0 Å². The highest BCUT2D eigenvalue weighted by Crippen LogP contribution is 2.19. The van der Waals surface area contributed by atoms with Gasteiger partial charge in [0.05, 0.1) is 0 Å². The van der Waals surface area contributed by atoms with Crippen LogP contribution in [0.4, 0.5) is 0 Å². The topological polar surface area (TPSA) is 61.7 Å². The van der Waals surface area contributed by atoms with Gasteiger partial charge in [0.1, 0.15) is 0 Å². The van der Waals surface area contributed by atoms with E-state index in [4.69, 9.17) is 14.9 Å². The molecule has 1 aliphatic heterocycles. The maximum absolute atomic E-state index is 8.89. The molecule has 1 aliphatic rings. The molecule has 0 amide bonds. The van der Waals surface area contributed by atoms with Crippen LogP contribution >= 0.6 is 0 Å². The molecule has 0 atom stereocenters. The lowest BCUT2D eigenvalue weighted by atomic mass is 9.80. The number of hydroxylamine groups is 1. The lowest BCUT2D eigenvalue weighted by molar-refractivity contribution is 0.239. The number of benzene rings is 1. The van der Waals surface area contributed by atoms with Gasteiger partial charge in [-0.3, -0.25) is 0 Å². The van der Waals surface area contributed by atoms with Gasteiger partial charge in [-0.1, -0.05) is 12.1 Å². The zero-order valence-electron chi connectivity index (χ0n) is 6.77. The Hall–Kier alpha value is -1.46. The van der Waals surface area contributed by atoms with Gasteiger partial charge in [-0.2, -0.15) is 0 Å². The van der Waals surface area contributed by atoms with Crippen molar-refractivity contribution in [3.8, 4) is 5.75 Å². The average molecular weight is 177 g/mol. The Morgan fingerprint density at radius 1 is 1.31 bits per heavy atom. The summed E-state index contributed by atoms with van der Waals surface area (Å²) >= 11 is 0. The summed E-state index contributed by atoms with van der Waals surface area (Å²) in [7, 11) is -1.46. The van der Waals surface area contributed by atoms with Crippen molar-refractivity contribution < 1.29 is 14.9 Å². The summed E-state index contributed by atoms with van der Waals surface area (Å²) in [6, 6.07) is 4.99. The van der Waals surface area contributed by atoms with Crippen LogP contribution in [0.2, 0.25) is 0 Å². The van der Waals surface area contributed by atoms with Gasteiger partial charge >= 0.3 is 7.12 Å². The Kier molecular flexibility index (Phi) is 1.96. The maximum atomic E-state index is 8.89. The molecular weight excluding hydrogens is 169 g/mol. The zero-order chi connectivity index (χ0) is 9.26. The van der Waals surface area contributed by atoms with Crippen LogP contribution < -0.4 is 15.8 Å². The summed E-state index contributed by atoms with van der Waals surface area (Å²) in [5.41, 5.74) is 3.88. The Morgan fingerprint density at radius 3 is 2.92 bits per heavy atom. The van der Waals surface area contributed by atoms with Crippen molar-refractivity contribution in [2.75, 3.05) is 0 Å². The van der Waals surface area contributed by atoms with Gasteiger partial charge in [-0.15, -0.1) is 0 Å². The van der Waals surface area contributed by atoms with E-state index in [0.29, 0.717) is 11.2 Å². The van der Waals surface area contributed by atoms with Crippen LogP contribution in [0.25, 0.3) is 6.08 Å². The van der Waals surface area contributed by atoms with Gasteiger partial charge < -0.3 is 14.9 Å². The monoisotopic (exact) mass is 177 g/mol. The third-order valence-electron chi connectivity index (χ3n) is 1.84. The van der Waals surface area contributed by atoms with E-state index in [2.05, 4.69) is 5.48 Å². The minimum atomic E-state index is -1.46. The molecule has 1 aromatic rings. The molecule has 66 valence electrons. The van der Waals surface area contributed by atoms with Gasteiger partial charge in [0, 0.05) is 11.8 Å². The summed E-state index contributed by atoms with van der Waals surface area (Å²) in [5, 5.41) is 17.8. The van der Waals surface area contributed by atoms with Crippen molar-refractivity contribution >= 4 is 18.7 Å². The normalized spacial score (nSPS) is 12.8. The van der Waals surface area contributed by atoms with Crippen molar-refractivity contribution in [2.45, 2.75) is 0 Å². The number of fused-ring (bicyclic) bond motifs is 1. The van der Waals surface area contributed by atoms with Gasteiger partial charge in [-0.25, -0.2) is 5.48 Å². The second kappa shape index (κ2) is 3.12. The predicted octanol–water partition coefficient (Wildman–Crippen LogP) is -0.766. The van der Waals surface area contributed by atoms with Crippen LogP contribution in [0.3, 0.4) is 0 Å². The SMILES string of the molecule is OB(O)c1ccc2c(c1)ONC=C2. The second-order valence-electron chi connectivity index (χ2n) is 2.72. The molecule has 0 aliphatic carbocycles. The predicted molar refractivity (Wildman–Crippen MR) is 49.1 cm³/mol. The van der Waals surface area contributed by atoms with Crippen molar-refractivity contribution in [2.24, 2.45) is 0 Å². The molecule has 0 saturated heterocycles. The van der Waals surface area contributed by atoms with Crippen LogP contribution in [0, 0.1) is 0 Å².